The predicted molar refractivity (Wildman–Crippen MR) is 109 cm³/mol. The number of hydrogen-bond donors (Lipinski definition) is 0. The van der Waals surface area contributed by atoms with Crippen molar-refractivity contribution in [3.05, 3.63) is 82.4 Å². The normalized spacial score (nSPS) is 17.6. The van der Waals surface area contributed by atoms with Crippen LogP contribution in [-0.2, 0) is 26.2 Å². The van der Waals surface area contributed by atoms with Gasteiger partial charge >= 0.3 is 6.18 Å². The molecule has 0 spiro atoms. The summed E-state index contributed by atoms with van der Waals surface area (Å²) >= 11 is 0. The molecule has 0 N–H and O–H groups in total. The van der Waals surface area contributed by atoms with Gasteiger partial charge in [-0.15, -0.1) is 0 Å². The first kappa shape index (κ1) is 20.6. The number of aromatic nitrogens is 3. The van der Waals surface area contributed by atoms with Crippen LogP contribution in [0, 0.1) is 6.92 Å². The summed E-state index contributed by atoms with van der Waals surface area (Å²) in [4.78, 5) is 7.22. The van der Waals surface area contributed by atoms with Gasteiger partial charge in [-0.1, -0.05) is 12.1 Å². The van der Waals surface area contributed by atoms with Gasteiger partial charge in [0, 0.05) is 31.0 Å². The van der Waals surface area contributed by atoms with Crippen LogP contribution in [0.25, 0.3) is 0 Å². The second-order valence-electron chi connectivity index (χ2n) is 8.06. The molecule has 7 heteroatoms. The van der Waals surface area contributed by atoms with Gasteiger partial charge in [-0.25, -0.2) is 0 Å². The van der Waals surface area contributed by atoms with E-state index in [0.717, 1.165) is 60.6 Å². The van der Waals surface area contributed by atoms with Crippen LogP contribution in [0.3, 0.4) is 0 Å². The third-order valence-electron chi connectivity index (χ3n) is 5.57. The molecule has 0 radical (unpaired) electrons. The summed E-state index contributed by atoms with van der Waals surface area (Å²) in [6.07, 6.45) is 2.39. The molecule has 0 bridgehead atoms. The summed E-state index contributed by atoms with van der Waals surface area (Å²) < 4.78 is 40.2. The summed E-state index contributed by atoms with van der Waals surface area (Å²) in [5.74, 6) is 0. The maximum absolute atomic E-state index is 12.8. The average Bonchev–Trinajstić information content (AvgIpc) is 3.30. The minimum Gasteiger partial charge on any atom is -0.290 e. The Balaban J connectivity index is 1.52. The maximum atomic E-state index is 12.8. The van der Waals surface area contributed by atoms with Crippen molar-refractivity contribution in [3.63, 3.8) is 0 Å². The quantitative estimate of drug-likeness (QED) is 0.585. The molecule has 0 aliphatic carbocycles. The molecule has 3 heterocycles. The van der Waals surface area contributed by atoms with E-state index in [9.17, 15) is 13.2 Å². The zero-order chi connectivity index (χ0) is 21.3. The smallest absolute Gasteiger partial charge is 0.290 e. The number of rotatable bonds is 5. The third-order valence-corrected chi connectivity index (χ3v) is 5.57. The van der Waals surface area contributed by atoms with E-state index in [4.69, 9.17) is 4.98 Å². The van der Waals surface area contributed by atoms with Crippen molar-refractivity contribution in [2.45, 2.75) is 44.9 Å². The number of pyridine rings is 1. The molecule has 1 atom stereocenters. The van der Waals surface area contributed by atoms with Crippen LogP contribution >= 0.6 is 0 Å². The summed E-state index contributed by atoms with van der Waals surface area (Å²) in [5, 5.41) is 4.26. The maximum Gasteiger partial charge on any atom is 0.416 e. The second kappa shape index (κ2) is 8.22. The first-order valence-electron chi connectivity index (χ1n) is 10.1. The lowest BCUT2D eigenvalue weighted by Crippen LogP contribution is -2.23. The van der Waals surface area contributed by atoms with Gasteiger partial charge in [0.25, 0.3) is 0 Å². The average molecular weight is 414 g/mol. The topological polar surface area (TPSA) is 34.0 Å². The molecule has 1 aliphatic heterocycles. The minimum atomic E-state index is -4.31. The van der Waals surface area contributed by atoms with E-state index in [1.54, 1.807) is 12.1 Å². The first-order valence-corrected chi connectivity index (χ1v) is 10.1. The number of likely N-dealkylation sites (tertiary alicyclic amines) is 1. The Bertz CT molecular complexity index is 1010. The highest BCUT2D eigenvalue weighted by molar-refractivity contribution is 5.32. The fourth-order valence-corrected chi connectivity index (χ4v) is 4.23. The first-order chi connectivity index (χ1) is 14.3. The Kier molecular flexibility index (Phi) is 5.64. The molecule has 4 rings (SSSR count). The molecule has 1 aromatic carbocycles. The summed E-state index contributed by atoms with van der Waals surface area (Å²) in [5.41, 5.74) is 4.47. The largest absolute Gasteiger partial charge is 0.416 e. The number of alkyl halides is 3. The van der Waals surface area contributed by atoms with Crippen molar-refractivity contribution >= 4 is 0 Å². The number of aryl methyl sites for hydroxylation is 2. The van der Waals surface area contributed by atoms with Crippen LogP contribution in [0.5, 0.6) is 0 Å². The summed E-state index contributed by atoms with van der Waals surface area (Å²) in [7, 11) is 1.92. The Morgan fingerprint density at radius 3 is 2.50 bits per heavy atom. The highest BCUT2D eigenvalue weighted by Gasteiger charge is 2.30. The summed E-state index contributed by atoms with van der Waals surface area (Å²) in [6.45, 7) is 3.83. The fourth-order valence-electron chi connectivity index (χ4n) is 4.23. The van der Waals surface area contributed by atoms with E-state index in [2.05, 4.69) is 16.1 Å². The highest BCUT2D eigenvalue weighted by Crippen LogP contribution is 2.33. The molecule has 1 aliphatic rings. The molecule has 0 unspecified atom stereocenters. The Morgan fingerprint density at radius 2 is 1.83 bits per heavy atom. The second-order valence-corrected chi connectivity index (χ2v) is 8.06. The fraction of sp³-hybridized carbons (Fsp3) is 0.391. The van der Waals surface area contributed by atoms with Gasteiger partial charge in [-0.05, 0) is 68.1 Å². The van der Waals surface area contributed by atoms with Crippen molar-refractivity contribution in [2.75, 3.05) is 6.54 Å². The minimum absolute atomic E-state index is 0.247. The van der Waals surface area contributed by atoms with Gasteiger partial charge in [0.1, 0.15) is 0 Å². The van der Waals surface area contributed by atoms with E-state index >= 15 is 0 Å². The lowest BCUT2D eigenvalue weighted by molar-refractivity contribution is -0.137. The molecule has 158 valence electrons. The lowest BCUT2D eigenvalue weighted by Gasteiger charge is -2.24. The molecule has 0 amide bonds. The molecule has 0 saturated carbocycles. The van der Waals surface area contributed by atoms with Gasteiger partial charge in [-0.3, -0.25) is 14.6 Å². The zero-order valence-corrected chi connectivity index (χ0v) is 17.2. The molecule has 1 fully saturated rings. The third kappa shape index (κ3) is 4.73. The number of nitrogens with zero attached hydrogens (tertiary/aromatic N) is 4. The number of benzene rings is 1. The molecule has 30 heavy (non-hydrogen) atoms. The van der Waals surface area contributed by atoms with Crippen LogP contribution < -0.4 is 0 Å². The zero-order valence-electron chi connectivity index (χ0n) is 17.2. The Labute approximate surface area is 174 Å². The number of hydrogen-bond acceptors (Lipinski definition) is 3. The van der Waals surface area contributed by atoms with Gasteiger partial charge < -0.3 is 0 Å². The van der Waals surface area contributed by atoms with Gasteiger partial charge in [0.2, 0.25) is 0 Å². The van der Waals surface area contributed by atoms with Crippen molar-refractivity contribution in [1.82, 2.24) is 19.7 Å². The van der Waals surface area contributed by atoms with Crippen molar-refractivity contribution in [2.24, 2.45) is 7.05 Å². The van der Waals surface area contributed by atoms with Crippen LogP contribution in [0.1, 0.15) is 52.5 Å². The van der Waals surface area contributed by atoms with Crippen LogP contribution in [-0.4, -0.2) is 26.2 Å². The van der Waals surface area contributed by atoms with Crippen LogP contribution in [0.2, 0.25) is 0 Å². The molecular weight excluding hydrogens is 389 g/mol. The van der Waals surface area contributed by atoms with Crippen molar-refractivity contribution in [1.29, 1.82) is 0 Å². The molecule has 2 aromatic heterocycles. The molecule has 1 saturated heterocycles. The van der Waals surface area contributed by atoms with Crippen LogP contribution in [0.4, 0.5) is 13.2 Å². The predicted octanol–water partition coefficient (Wildman–Crippen LogP) is 5.07. The molecule has 3 aromatic rings. The summed E-state index contributed by atoms with van der Waals surface area (Å²) in [6, 6.07) is 9.79. The molecule has 4 nitrogen and oxygen atoms in total. The van der Waals surface area contributed by atoms with E-state index in [-0.39, 0.29) is 6.04 Å². The standard InChI is InChI=1S/C23H25F3N4/c1-16-10-18(11-17-5-7-20(8-6-17)23(24,25)26)12-21(28-16)22-4-3-9-30(22)15-19-13-27-29(2)14-19/h5-8,10,12-14,22H,3-4,9,11,15H2,1-2H3/t22-/m0/s1. The number of halogens is 3. The van der Waals surface area contributed by atoms with Crippen molar-refractivity contribution < 1.29 is 13.2 Å². The Hall–Kier alpha value is -2.67. The van der Waals surface area contributed by atoms with Gasteiger partial charge in [0.15, 0.2) is 0 Å². The lowest BCUT2D eigenvalue weighted by atomic mass is 10.0. The van der Waals surface area contributed by atoms with Gasteiger partial charge in [-0.2, -0.15) is 18.3 Å². The molecular formula is C23H25F3N4. The van der Waals surface area contributed by atoms with E-state index in [0.29, 0.717) is 6.42 Å². The SMILES string of the molecule is Cc1cc(Cc2ccc(C(F)(F)F)cc2)cc([C@@H]2CCCN2Cc2cnn(C)c2)n1. The van der Waals surface area contributed by atoms with E-state index in [1.807, 2.05) is 37.1 Å². The van der Waals surface area contributed by atoms with Crippen LogP contribution in [0.15, 0.2) is 48.8 Å². The van der Waals surface area contributed by atoms with Crippen molar-refractivity contribution in [3.8, 4) is 0 Å². The monoisotopic (exact) mass is 414 g/mol. The van der Waals surface area contributed by atoms with E-state index in [1.165, 1.54) is 5.56 Å². The Morgan fingerprint density at radius 1 is 1.07 bits per heavy atom. The highest BCUT2D eigenvalue weighted by atomic mass is 19.4. The van der Waals surface area contributed by atoms with E-state index < -0.39 is 11.7 Å². The van der Waals surface area contributed by atoms with Gasteiger partial charge in [0.05, 0.1) is 23.5 Å².